The Bertz CT molecular complexity index is 2550. The molecule has 2 saturated carbocycles. The van der Waals surface area contributed by atoms with E-state index in [0.717, 1.165) is 26.8 Å². The SMILES string of the molecule is C/C=C(/C)C(=O)O[C@H]1[C@H]2C(=C(C)[C@@H]1OC(=O)/C(C)=C\C)[C@@H]1OC(=O)[C@@](C)(O)[C@@]1(O)[C@@H](OC(=O)C=C(C)C)C[C@]2(C)OC(C)=O.CCCC(=O)O[C@H]1C[C@](C)(OC(C)=O)[C@H]2CC(=O)C(C)=C2[C@@H]2OC(=O)[C@@](C)(O)[C@@]12O. The number of esters is 8. The van der Waals surface area contributed by atoms with Gasteiger partial charge in [0.1, 0.15) is 23.4 Å². The van der Waals surface area contributed by atoms with Crippen molar-refractivity contribution in [1.82, 2.24) is 0 Å². The van der Waals surface area contributed by atoms with Crippen LogP contribution in [0.1, 0.15) is 136 Å². The molecule has 21 heteroatoms. The largest absolute Gasteiger partial charge is 0.459 e. The van der Waals surface area contributed by atoms with Crippen LogP contribution < -0.4 is 0 Å². The van der Waals surface area contributed by atoms with Crippen molar-refractivity contribution in [3.63, 3.8) is 0 Å². The summed E-state index contributed by atoms with van der Waals surface area (Å²) in [5.41, 5.74) is -11.2. The highest BCUT2D eigenvalue weighted by Gasteiger charge is 2.77. The van der Waals surface area contributed by atoms with E-state index in [1.165, 1.54) is 53.7 Å². The third-order valence-electron chi connectivity index (χ3n) is 15.3. The van der Waals surface area contributed by atoms with E-state index < -0.39 is 136 Å². The Hall–Kier alpha value is -6.03. The number of allylic oxidation sites excluding steroid dienone is 4. The van der Waals surface area contributed by atoms with E-state index in [1.54, 1.807) is 41.5 Å². The van der Waals surface area contributed by atoms with Crippen LogP contribution >= 0.6 is 0 Å². The number of rotatable bonds is 11. The maximum absolute atomic E-state index is 13.2. The van der Waals surface area contributed by atoms with Gasteiger partial charge in [-0.1, -0.05) is 24.6 Å². The lowest BCUT2D eigenvalue weighted by molar-refractivity contribution is -0.210. The van der Waals surface area contributed by atoms with Gasteiger partial charge in [0.15, 0.2) is 52.6 Å². The number of hydrogen-bond donors (Lipinski definition) is 4. The second kappa shape index (κ2) is 20.9. The number of fused-ring (bicyclic) bond motifs is 6. The highest BCUT2D eigenvalue weighted by Crippen LogP contribution is 2.59. The summed E-state index contributed by atoms with van der Waals surface area (Å²) in [7, 11) is 0. The number of aliphatic hydroxyl groups is 4. The van der Waals surface area contributed by atoms with Crippen LogP contribution in [0.4, 0.5) is 0 Å². The Morgan fingerprint density at radius 3 is 1.59 bits per heavy atom. The summed E-state index contributed by atoms with van der Waals surface area (Å²) in [6, 6.07) is 0. The van der Waals surface area contributed by atoms with Gasteiger partial charge in [0, 0.05) is 62.7 Å². The maximum Gasteiger partial charge on any atom is 0.341 e. The summed E-state index contributed by atoms with van der Waals surface area (Å²) < 4.78 is 45.5. The van der Waals surface area contributed by atoms with E-state index in [2.05, 4.69) is 0 Å². The fourth-order valence-electron chi connectivity index (χ4n) is 11.1. The predicted molar refractivity (Wildman–Crippen MR) is 255 cm³/mol. The van der Waals surface area contributed by atoms with E-state index in [9.17, 15) is 63.6 Å². The van der Waals surface area contributed by atoms with Gasteiger partial charge in [-0.3, -0.25) is 19.2 Å². The molecule has 0 amide bonds. The van der Waals surface area contributed by atoms with Crippen molar-refractivity contribution in [2.24, 2.45) is 11.8 Å². The van der Waals surface area contributed by atoms with Gasteiger partial charge >= 0.3 is 47.8 Å². The molecule has 4 aliphatic carbocycles. The lowest BCUT2D eigenvalue weighted by atomic mass is 9.75. The van der Waals surface area contributed by atoms with Gasteiger partial charge in [-0.25, -0.2) is 24.0 Å². The highest BCUT2D eigenvalue weighted by molar-refractivity contribution is 6.00. The third-order valence-corrected chi connectivity index (χ3v) is 15.3. The van der Waals surface area contributed by atoms with Crippen molar-refractivity contribution in [1.29, 1.82) is 0 Å². The molecule has 6 aliphatic rings. The van der Waals surface area contributed by atoms with Crippen LogP contribution in [0.5, 0.6) is 0 Å². The zero-order valence-corrected chi connectivity index (χ0v) is 44.6. The Balaban J connectivity index is 0.000000294. The first-order valence-corrected chi connectivity index (χ1v) is 24.4. The van der Waals surface area contributed by atoms with Crippen molar-refractivity contribution in [2.45, 2.75) is 206 Å². The second-order valence-corrected chi connectivity index (χ2v) is 21.0. The zero-order chi connectivity index (χ0) is 56.2. The number of hydrogen-bond acceptors (Lipinski definition) is 21. The first kappa shape index (κ1) is 58.9. The highest BCUT2D eigenvalue weighted by atomic mass is 16.6. The molecular formula is C53H70O21. The molecule has 0 aromatic rings. The fraction of sp³-hybridized carbons (Fsp3) is 0.642. The molecule has 0 bridgehead atoms. The Labute approximate surface area is 429 Å². The molecule has 2 aliphatic heterocycles. The van der Waals surface area contributed by atoms with Gasteiger partial charge in [-0.2, -0.15) is 0 Å². The van der Waals surface area contributed by atoms with Crippen LogP contribution in [0.3, 0.4) is 0 Å². The molecule has 0 spiro atoms. The van der Waals surface area contributed by atoms with Crippen molar-refractivity contribution in [3.05, 3.63) is 57.2 Å². The molecule has 2 saturated heterocycles. The van der Waals surface area contributed by atoms with Crippen LogP contribution in [0.15, 0.2) is 57.2 Å². The van der Waals surface area contributed by atoms with Gasteiger partial charge in [0.05, 0.1) is 5.92 Å². The standard InChI is InChI=1S/C32H42O12.C21H28O9/c1-11-16(5)27(35)41-24-18(7)22-23(25(24)42-28(36)17(6)12-2)30(9,44-19(8)33)14-20(40-21(34)13-15(3)4)32(39)26(22)43-29(37)31(32,10)38;1-6-7-15(24)28-14-9-19(4,30-11(3)22)12-8-13(23)10(2)16(12)17-21(14,27)20(5,26)18(25)29-17/h11-13,20,23-26,38-39H,14H2,1-10H3;12,14,17,26-27H,6-9H2,1-5H3/b16-11-,17-12-;/t20-,23+,24-,25-,26-,30-,31+,32+;12-,14-,17-,19-,20+,21+/m00/s1. The molecule has 4 fully saturated rings. The first-order chi connectivity index (χ1) is 34.0. The van der Waals surface area contributed by atoms with Crippen molar-refractivity contribution in [3.8, 4) is 0 Å². The molecule has 0 radical (unpaired) electrons. The molecule has 408 valence electrons. The van der Waals surface area contributed by atoms with E-state index >= 15 is 0 Å². The quantitative estimate of drug-likeness (QED) is 0.0997. The number of carbonyl (C=O) groups excluding carboxylic acids is 9. The second-order valence-electron chi connectivity index (χ2n) is 21.0. The minimum absolute atomic E-state index is 0.0210. The average molecular weight is 1040 g/mol. The molecule has 4 N–H and O–H groups in total. The molecule has 2 heterocycles. The predicted octanol–water partition coefficient (Wildman–Crippen LogP) is 3.44. The minimum atomic E-state index is -2.62. The van der Waals surface area contributed by atoms with Gasteiger partial charge < -0.3 is 58.3 Å². The topological polar surface area (TPSA) is 308 Å². The average Bonchev–Trinajstić information content (AvgIpc) is 3.83. The summed E-state index contributed by atoms with van der Waals surface area (Å²) in [4.78, 5) is 114. The monoisotopic (exact) mass is 1040 g/mol. The van der Waals surface area contributed by atoms with Crippen LogP contribution in [0.25, 0.3) is 0 Å². The smallest absolute Gasteiger partial charge is 0.341 e. The van der Waals surface area contributed by atoms with Crippen LogP contribution in [0, 0.1) is 11.8 Å². The van der Waals surface area contributed by atoms with E-state index in [4.69, 9.17) is 37.9 Å². The zero-order valence-electron chi connectivity index (χ0n) is 44.6. The van der Waals surface area contributed by atoms with Crippen molar-refractivity contribution < 1.29 is 101 Å². The Morgan fingerprint density at radius 1 is 0.662 bits per heavy atom. The molecule has 6 rings (SSSR count). The first-order valence-electron chi connectivity index (χ1n) is 24.4. The summed E-state index contributed by atoms with van der Waals surface area (Å²) in [5, 5.41) is 46.5. The molecule has 21 nitrogen and oxygen atoms in total. The van der Waals surface area contributed by atoms with E-state index in [1.807, 2.05) is 0 Å². The molecule has 0 unspecified atom stereocenters. The number of ketones is 1. The number of Topliss-reactive ketones (excluding diaryl/α,β-unsaturated/α-hetero) is 1. The molecule has 0 aromatic carbocycles. The Kier molecular flexibility index (Phi) is 16.7. The van der Waals surface area contributed by atoms with E-state index in [-0.39, 0.29) is 58.5 Å². The lowest BCUT2D eigenvalue weighted by Crippen LogP contribution is -2.64. The number of carbonyl (C=O) groups is 9. The van der Waals surface area contributed by atoms with Gasteiger partial charge in [-0.15, -0.1) is 0 Å². The molecular weight excluding hydrogens is 973 g/mol. The lowest BCUT2D eigenvalue weighted by Gasteiger charge is -2.41. The molecule has 14 atom stereocenters. The normalized spacial score (nSPS) is 37.3. The summed E-state index contributed by atoms with van der Waals surface area (Å²) in [6.45, 7) is 22.0. The third kappa shape index (κ3) is 9.99. The maximum atomic E-state index is 13.2. The van der Waals surface area contributed by atoms with Crippen LogP contribution in [-0.2, 0) is 81.0 Å². The van der Waals surface area contributed by atoms with E-state index in [0.29, 0.717) is 12.0 Å². The van der Waals surface area contributed by atoms with Crippen molar-refractivity contribution >= 4 is 53.5 Å². The van der Waals surface area contributed by atoms with Crippen LogP contribution in [-0.4, -0.2) is 144 Å². The summed E-state index contributed by atoms with van der Waals surface area (Å²) in [5.74, 6) is -8.82. The van der Waals surface area contributed by atoms with Gasteiger partial charge in [0.2, 0.25) is 0 Å². The fourth-order valence-corrected chi connectivity index (χ4v) is 11.1. The van der Waals surface area contributed by atoms with Crippen LogP contribution in [0.2, 0.25) is 0 Å². The van der Waals surface area contributed by atoms with Crippen molar-refractivity contribution in [2.75, 3.05) is 0 Å². The Morgan fingerprint density at radius 2 is 1.12 bits per heavy atom. The summed E-state index contributed by atoms with van der Waals surface area (Å²) in [6.07, 6.45) is -4.80. The summed E-state index contributed by atoms with van der Waals surface area (Å²) >= 11 is 0. The number of ether oxygens (including phenoxy) is 8. The molecule has 0 aromatic heterocycles. The molecule has 74 heavy (non-hydrogen) atoms. The van der Waals surface area contributed by atoms with Gasteiger partial charge in [-0.05, 0) is 112 Å². The van der Waals surface area contributed by atoms with Gasteiger partial charge in [0.25, 0.3) is 0 Å². The minimum Gasteiger partial charge on any atom is -0.459 e.